The molecule has 182 valence electrons. The van der Waals surface area contributed by atoms with Crippen LogP contribution in [-0.2, 0) is 21.3 Å². The predicted molar refractivity (Wildman–Crippen MR) is 131 cm³/mol. The van der Waals surface area contributed by atoms with Crippen molar-refractivity contribution in [1.29, 1.82) is 0 Å². The molecule has 1 aromatic carbocycles. The SMILES string of the molecule is CCN(c1c(C)c(C(=O)NCC2C(=O)N=C(C)C=C2OC)cc2cn(C)nc12)C1CCOCC1. The number of carbonyl (C=O) groups excluding carboxylic acids is 2. The number of rotatable bonds is 7. The fraction of sp³-hybridized carbons (Fsp3) is 0.520. The number of dihydropyridines is 1. The number of hydrogen-bond donors (Lipinski definition) is 1. The number of amides is 2. The Bertz CT molecular complexity index is 1160. The van der Waals surface area contributed by atoms with Crippen molar-refractivity contribution >= 4 is 34.1 Å². The van der Waals surface area contributed by atoms with Crippen LogP contribution in [0.3, 0.4) is 0 Å². The molecule has 1 atom stereocenters. The topological polar surface area (TPSA) is 98.1 Å². The number of anilines is 1. The molecule has 4 rings (SSSR count). The van der Waals surface area contributed by atoms with E-state index in [1.807, 2.05) is 26.2 Å². The highest BCUT2D eigenvalue weighted by Gasteiger charge is 2.30. The summed E-state index contributed by atoms with van der Waals surface area (Å²) in [4.78, 5) is 32.2. The van der Waals surface area contributed by atoms with Gasteiger partial charge in [-0.1, -0.05) is 0 Å². The van der Waals surface area contributed by atoms with Crippen LogP contribution in [0.25, 0.3) is 10.9 Å². The van der Waals surface area contributed by atoms with Gasteiger partial charge in [-0.05, 0) is 51.3 Å². The molecule has 0 saturated carbocycles. The Morgan fingerprint density at radius 1 is 1.32 bits per heavy atom. The number of fused-ring (bicyclic) bond motifs is 1. The van der Waals surface area contributed by atoms with Crippen molar-refractivity contribution in [3.63, 3.8) is 0 Å². The standard InChI is InChI=1S/C25H33N5O4/c1-6-30(18-7-9-34-10-8-18)23-16(3)19(12-17-14-29(4)28-22(17)23)24(31)26-13-20-21(33-5)11-15(2)27-25(20)32/h11-12,14,18,20H,6-10,13H2,1-5H3,(H,26,31). The van der Waals surface area contributed by atoms with Gasteiger partial charge in [-0.3, -0.25) is 14.3 Å². The van der Waals surface area contributed by atoms with Crippen LogP contribution in [0.5, 0.6) is 0 Å². The second-order valence-corrected chi connectivity index (χ2v) is 8.87. The highest BCUT2D eigenvalue weighted by molar-refractivity contribution is 6.07. The summed E-state index contributed by atoms with van der Waals surface area (Å²) in [7, 11) is 3.41. The molecule has 2 amide bonds. The van der Waals surface area contributed by atoms with Crippen LogP contribution in [-0.4, -0.2) is 66.8 Å². The lowest BCUT2D eigenvalue weighted by molar-refractivity contribution is -0.121. The van der Waals surface area contributed by atoms with Crippen molar-refractivity contribution in [1.82, 2.24) is 15.1 Å². The maximum absolute atomic E-state index is 13.4. The zero-order chi connectivity index (χ0) is 24.4. The van der Waals surface area contributed by atoms with E-state index in [-0.39, 0.29) is 18.4 Å². The molecule has 1 saturated heterocycles. The molecule has 3 heterocycles. The number of aryl methyl sites for hydroxylation is 1. The average molecular weight is 468 g/mol. The zero-order valence-corrected chi connectivity index (χ0v) is 20.6. The lowest BCUT2D eigenvalue weighted by atomic mass is 9.98. The summed E-state index contributed by atoms with van der Waals surface area (Å²) in [6, 6.07) is 2.21. The minimum Gasteiger partial charge on any atom is -0.500 e. The van der Waals surface area contributed by atoms with Gasteiger partial charge in [-0.15, -0.1) is 0 Å². The van der Waals surface area contributed by atoms with Crippen molar-refractivity contribution < 1.29 is 19.1 Å². The molecule has 2 aliphatic heterocycles. The largest absolute Gasteiger partial charge is 0.500 e. The third-order valence-electron chi connectivity index (χ3n) is 6.63. The molecule has 1 fully saturated rings. The van der Waals surface area contributed by atoms with E-state index >= 15 is 0 Å². The number of methoxy groups -OCH3 is 1. The average Bonchev–Trinajstić information content (AvgIpc) is 3.19. The Morgan fingerprint density at radius 2 is 2.06 bits per heavy atom. The van der Waals surface area contributed by atoms with Crippen LogP contribution >= 0.6 is 0 Å². The van der Waals surface area contributed by atoms with Gasteiger partial charge in [0.15, 0.2) is 0 Å². The lowest BCUT2D eigenvalue weighted by Gasteiger charge is -2.36. The predicted octanol–water partition coefficient (Wildman–Crippen LogP) is 2.76. The molecule has 0 aliphatic carbocycles. The zero-order valence-electron chi connectivity index (χ0n) is 20.6. The summed E-state index contributed by atoms with van der Waals surface area (Å²) >= 11 is 0. The van der Waals surface area contributed by atoms with Gasteiger partial charge in [0.25, 0.3) is 11.8 Å². The molecule has 34 heavy (non-hydrogen) atoms. The summed E-state index contributed by atoms with van der Waals surface area (Å²) in [6.45, 7) is 8.24. The van der Waals surface area contributed by atoms with Crippen LogP contribution in [0.4, 0.5) is 5.69 Å². The number of aromatic nitrogens is 2. The van der Waals surface area contributed by atoms with Gasteiger partial charge >= 0.3 is 0 Å². The van der Waals surface area contributed by atoms with Crippen molar-refractivity contribution in [3.8, 4) is 0 Å². The number of nitrogens with zero attached hydrogens (tertiary/aromatic N) is 4. The molecule has 1 unspecified atom stereocenters. The van der Waals surface area contributed by atoms with Crippen molar-refractivity contribution in [3.05, 3.63) is 35.2 Å². The summed E-state index contributed by atoms with van der Waals surface area (Å²) in [5, 5.41) is 8.57. The number of benzene rings is 1. The molecule has 0 radical (unpaired) electrons. The van der Waals surface area contributed by atoms with Gasteiger partial charge in [-0.2, -0.15) is 5.10 Å². The molecule has 1 aromatic heterocycles. The highest BCUT2D eigenvalue weighted by atomic mass is 16.5. The van der Waals surface area contributed by atoms with Crippen LogP contribution < -0.4 is 10.2 Å². The molecule has 1 N–H and O–H groups in total. The second-order valence-electron chi connectivity index (χ2n) is 8.87. The van der Waals surface area contributed by atoms with E-state index in [9.17, 15) is 9.59 Å². The number of nitrogens with one attached hydrogen (secondary N) is 1. The minimum atomic E-state index is -0.631. The van der Waals surface area contributed by atoms with Crippen molar-refractivity contribution in [2.45, 2.75) is 39.7 Å². The maximum Gasteiger partial charge on any atom is 0.258 e. The van der Waals surface area contributed by atoms with E-state index in [1.54, 1.807) is 17.7 Å². The number of aliphatic imine (C=N–C) groups is 1. The van der Waals surface area contributed by atoms with Gasteiger partial charge in [-0.25, -0.2) is 4.99 Å². The smallest absolute Gasteiger partial charge is 0.258 e. The first-order chi connectivity index (χ1) is 16.3. The maximum atomic E-state index is 13.4. The van der Waals surface area contributed by atoms with E-state index in [0.717, 1.165) is 54.8 Å². The molecule has 0 spiro atoms. The normalized spacial score (nSPS) is 19.1. The molecule has 2 aliphatic rings. The molecular formula is C25H33N5O4. The number of ether oxygens (including phenoxy) is 2. The van der Waals surface area contributed by atoms with Gasteiger partial charge in [0.05, 0.1) is 12.8 Å². The van der Waals surface area contributed by atoms with E-state index in [0.29, 0.717) is 23.1 Å². The molecule has 2 aromatic rings. The van der Waals surface area contributed by atoms with Crippen molar-refractivity contribution in [2.24, 2.45) is 18.0 Å². The fourth-order valence-electron chi connectivity index (χ4n) is 4.94. The van der Waals surface area contributed by atoms with Crippen LogP contribution in [0.1, 0.15) is 42.6 Å². The number of hydrogen-bond acceptors (Lipinski definition) is 6. The third-order valence-corrected chi connectivity index (χ3v) is 6.63. The highest BCUT2D eigenvalue weighted by Crippen LogP contribution is 2.35. The summed E-state index contributed by atoms with van der Waals surface area (Å²) in [5.41, 5.74) is 3.93. The number of allylic oxidation sites excluding steroid dienone is 1. The summed E-state index contributed by atoms with van der Waals surface area (Å²) in [5.74, 6) is -0.667. The molecular weight excluding hydrogens is 434 g/mol. The van der Waals surface area contributed by atoms with E-state index in [1.165, 1.54) is 7.11 Å². The summed E-state index contributed by atoms with van der Waals surface area (Å²) < 4.78 is 12.7. The van der Waals surface area contributed by atoms with Crippen LogP contribution in [0, 0.1) is 12.8 Å². The minimum absolute atomic E-state index is 0.116. The van der Waals surface area contributed by atoms with Gasteiger partial charge in [0.1, 0.15) is 17.2 Å². The Morgan fingerprint density at radius 3 is 2.74 bits per heavy atom. The summed E-state index contributed by atoms with van der Waals surface area (Å²) in [6.07, 6.45) is 5.54. The van der Waals surface area contributed by atoms with E-state index in [4.69, 9.17) is 14.6 Å². The Balaban J connectivity index is 1.66. The lowest BCUT2D eigenvalue weighted by Crippen LogP contribution is -2.40. The van der Waals surface area contributed by atoms with Crippen molar-refractivity contribution in [2.75, 3.05) is 38.3 Å². The third kappa shape index (κ3) is 4.57. The van der Waals surface area contributed by atoms with E-state index < -0.39 is 5.92 Å². The number of carbonyl (C=O) groups is 2. The van der Waals surface area contributed by atoms with Crippen LogP contribution in [0.15, 0.2) is 29.1 Å². The van der Waals surface area contributed by atoms with E-state index in [2.05, 4.69) is 22.1 Å². The fourth-order valence-corrected chi connectivity index (χ4v) is 4.94. The molecule has 9 nitrogen and oxygen atoms in total. The Hall–Kier alpha value is -3.20. The first-order valence-electron chi connectivity index (χ1n) is 11.8. The Labute approximate surface area is 199 Å². The second kappa shape index (κ2) is 9.97. The van der Waals surface area contributed by atoms with Gasteiger partial charge < -0.3 is 19.7 Å². The quantitative estimate of drug-likeness (QED) is 0.673. The first-order valence-corrected chi connectivity index (χ1v) is 11.8. The monoisotopic (exact) mass is 467 g/mol. The Kier molecular flexibility index (Phi) is 7.02. The van der Waals surface area contributed by atoms with Gasteiger partial charge in [0.2, 0.25) is 0 Å². The van der Waals surface area contributed by atoms with Gasteiger partial charge in [0, 0.05) is 62.3 Å². The first kappa shape index (κ1) is 23.9. The molecule has 0 bridgehead atoms. The van der Waals surface area contributed by atoms with Crippen LogP contribution in [0.2, 0.25) is 0 Å². The molecule has 9 heteroatoms.